The SMILES string of the molecule is COC(=O)C1(NC(=O)c2ccccc2)CC=C(O[Si](C)(C)C)CC1. The molecule has 1 aromatic carbocycles. The number of hydrogen-bond acceptors (Lipinski definition) is 4. The Morgan fingerprint density at radius 3 is 2.33 bits per heavy atom. The summed E-state index contributed by atoms with van der Waals surface area (Å²) in [5.41, 5.74) is -0.512. The molecule has 1 amide bonds. The molecule has 2 rings (SSSR count). The lowest BCUT2D eigenvalue weighted by molar-refractivity contribution is -0.148. The molecule has 0 aliphatic heterocycles. The van der Waals surface area contributed by atoms with Gasteiger partial charge in [0.1, 0.15) is 5.54 Å². The summed E-state index contributed by atoms with van der Waals surface area (Å²) >= 11 is 0. The van der Waals surface area contributed by atoms with Gasteiger partial charge in [0.2, 0.25) is 8.32 Å². The quantitative estimate of drug-likeness (QED) is 0.656. The molecule has 0 radical (unpaired) electrons. The molecule has 0 aromatic heterocycles. The molecule has 5 nitrogen and oxygen atoms in total. The first-order valence-corrected chi connectivity index (χ1v) is 11.5. The Hall–Kier alpha value is -2.08. The number of methoxy groups -OCH3 is 1. The molecule has 1 aliphatic rings. The van der Waals surface area contributed by atoms with Crippen LogP contribution in [0, 0.1) is 0 Å². The topological polar surface area (TPSA) is 64.6 Å². The van der Waals surface area contributed by atoms with Crippen LogP contribution < -0.4 is 5.32 Å². The number of ether oxygens (including phenoxy) is 1. The zero-order valence-electron chi connectivity index (χ0n) is 14.7. The average Bonchev–Trinajstić information content (AvgIpc) is 2.55. The molecule has 130 valence electrons. The van der Waals surface area contributed by atoms with Gasteiger partial charge in [-0.25, -0.2) is 4.79 Å². The fraction of sp³-hybridized carbons (Fsp3) is 0.444. The fourth-order valence-electron chi connectivity index (χ4n) is 2.74. The van der Waals surface area contributed by atoms with E-state index in [-0.39, 0.29) is 5.91 Å². The normalized spacial score (nSPS) is 20.8. The summed E-state index contributed by atoms with van der Waals surface area (Å²) in [5, 5.41) is 2.88. The van der Waals surface area contributed by atoms with Crippen LogP contribution >= 0.6 is 0 Å². The van der Waals surface area contributed by atoms with Crippen LogP contribution in [0.25, 0.3) is 0 Å². The van der Waals surface area contributed by atoms with Crippen LogP contribution in [0.2, 0.25) is 19.6 Å². The number of esters is 1. The van der Waals surface area contributed by atoms with Gasteiger partial charge in [0.25, 0.3) is 5.91 Å². The molecule has 24 heavy (non-hydrogen) atoms. The van der Waals surface area contributed by atoms with E-state index in [1.165, 1.54) is 7.11 Å². The highest BCUT2D eigenvalue weighted by Crippen LogP contribution is 2.31. The highest BCUT2D eigenvalue weighted by Gasteiger charge is 2.42. The van der Waals surface area contributed by atoms with Gasteiger partial charge in [0, 0.05) is 18.4 Å². The van der Waals surface area contributed by atoms with Gasteiger partial charge in [-0.1, -0.05) is 18.2 Å². The van der Waals surface area contributed by atoms with Crippen LogP contribution in [0.1, 0.15) is 29.6 Å². The van der Waals surface area contributed by atoms with Crippen molar-refractivity contribution in [2.24, 2.45) is 0 Å². The molecular weight excluding hydrogens is 322 g/mol. The van der Waals surface area contributed by atoms with Crippen LogP contribution in [0.5, 0.6) is 0 Å². The zero-order valence-corrected chi connectivity index (χ0v) is 15.7. The minimum absolute atomic E-state index is 0.274. The van der Waals surface area contributed by atoms with Crippen LogP contribution in [0.15, 0.2) is 42.2 Å². The first kappa shape index (κ1) is 18.3. The second-order valence-corrected chi connectivity index (χ2v) is 11.4. The van der Waals surface area contributed by atoms with Crippen LogP contribution in [0.4, 0.5) is 0 Å². The van der Waals surface area contributed by atoms with Gasteiger partial charge in [-0.3, -0.25) is 4.79 Å². The minimum atomic E-state index is -1.68. The third-order valence-corrected chi connectivity index (χ3v) is 4.75. The van der Waals surface area contributed by atoms with Crippen molar-refractivity contribution in [3.63, 3.8) is 0 Å². The Balaban J connectivity index is 2.18. The number of hydrogen-bond donors (Lipinski definition) is 1. The lowest BCUT2D eigenvalue weighted by Crippen LogP contribution is -2.56. The van der Waals surface area contributed by atoms with Crippen LogP contribution in [0.3, 0.4) is 0 Å². The molecule has 6 heteroatoms. The van der Waals surface area contributed by atoms with Gasteiger partial charge < -0.3 is 14.5 Å². The van der Waals surface area contributed by atoms with Gasteiger partial charge in [-0.15, -0.1) is 0 Å². The number of carbonyl (C=O) groups excluding carboxylic acids is 2. The summed E-state index contributed by atoms with van der Waals surface area (Å²) in [6.07, 6.45) is 3.35. The van der Waals surface area contributed by atoms with E-state index in [4.69, 9.17) is 9.16 Å². The molecule has 0 saturated heterocycles. The van der Waals surface area contributed by atoms with Crippen molar-refractivity contribution in [3.8, 4) is 0 Å². The molecule has 0 heterocycles. The number of nitrogens with one attached hydrogen (secondary N) is 1. The molecule has 0 fully saturated rings. The van der Waals surface area contributed by atoms with E-state index in [9.17, 15) is 9.59 Å². The maximum absolute atomic E-state index is 12.5. The molecule has 0 bridgehead atoms. The second kappa shape index (κ2) is 7.21. The van der Waals surface area contributed by atoms with Crippen molar-refractivity contribution in [1.29, 1.82) is 0 Å². The van der Waals surface area contributed by atoms with Gasteiger partial charge in [0.15, 0.2) is 0 Å². The monoisotopic (exact) mass is 347 g/mol. The molecule has 1 aliphatic carbocycles. The third-order valence-electron chi connectivity index (χ3n) is 3.88. The standard InChI is InChI=1S/C18H25NO4Si/c1-22-17(21)18(19-16(20)14-8-6-5-7-9-14)12-10-15(11-13-18)23-24(2,3)4/h5-10H,11-13H2,1-4H3,(H,19,20). The zero-order chi connectivity index (χ0) is 17.8. The smallest absolute Gasteiger partial charge is 0.331 e. The highest BCUT2D eigenvalue weighted by molar-refractivity contribution is 6.70. The maximum Gasteiger partial charge on any atom is 0.331 e. The summed E-state index contributed by atoms with van der Waals surface area (Å²) in [6.45, 7) is 6.35. The van der Waals surface area contributed by atoms with Crippen molar-refractivity contribution >= 4 is 20.2 Å². The first-order valence-electron chi connectivity index (χ1n) is 8.10. The van der Waals surface area contributed by atoms with E-state index in [2.05, 4.69) is 25.0 Å². The number of rotatable bonds is 5. The van der Waals surface area contributed by atoms with Gasteiger partial charge >= 0.3 is 5.97 Å². The highest BCUT2D eigenvalue weighted by atomic mass is 28.4. The van der Waals surface area contributed by atoms with E-state index >= 15 is 0 Å². The molecule has 1 aromatic rings. The predicted molar refractivity (Wildman–Crippen MR) is 95.0 cm³/mol. The Morgan fingerprint density at radius 1 is 1.17 bits per heavy atom. The van der Waals surface area contributed by atoms with Gasteiger partial charge in [-0.2, -0.15) is 0 Å². The van der Waals surface area contributed by atoms with Gasteiger partial charge in [0.05, 0.1) is 12.9 Å². The number of benzene rings is 1. The Morgan fingerprint density at radius 2 is 1.83 bits per heavy atom. The maximum atomic E-state index is 12.5. The lowest BCUT2D eigenvalue weighted by atomic mass is 9.84. The largest absolute Gasteiger partial charge is 0.548 e. The summed E-state index contributed by atoms with van der Waals surface area (Å²) < 4.78 is 11.0. The summed E-state index contributed by atoms with van der Waals surface area (Å²) in [5.74, 6) is 0.210. The second-order valence-electron chi connectivity index (χ2n) is 6.98. The molecule has 1 atom stereocenters. The van der Waals surface area contributed by atoms with E-state index in [0.29, 0.717) is 24.8 Å². The van der Waals surface area contributed by atoms with E-state index in [0.717, 1.165) is 5.76 Å². The summed E-state index contributed by atoms with van der Waals surface area (Å²) in [6, 6.07) is 8.87. The fourth-order valence-corrected chi connectivity index (χ4v) is 3.71. The molecule has 1 unspecified atom stereocenters. The molecule has 0 saturated carbocycles. The van der Waals surface area contributed by atoms with E-state index in [1.54, 1.807) is 24.3 Å². The molecule has 0 spiro atoms. The molecule has 1 N–H and O–H groups in total. The van der Waals surface area contributed by atoms with Crippen molar-refractivity contribution in [1.82, 2.24) is 5.32 Å². The lowest BCUT2D eigenvalue weighted by Gasteiger charge is -2.35. The van der Waals surface area contributed by atoms with Crippen LogP contribution in [-0.2, 0) is 14.0 Å². The first-order chi connectivity index (χ1) is 11.3. The van der Waals surface area contributed by atoms with Crippen molar-refractivity contribution in [2.75, 3.05) is 7.11 Å². The van der Waals surface area contributed by atoms with E-state index < -0.39 is 19.8 Å². The summed E-state index contributed by atoms with van der Waals surface area (Å²) in [7, 11) is -0.339. The minimum Gasteiger partial charge on any atom is -0.548 e. The average molecular weight is 347 g/mol. The number of amides is 1. The van der Waals surface area contributed by atoms with Gasteiger partial charge in [-0.05, 0) is 44.3 Å². The van der Waals surface area contributed by atoms with Crippen LogP contribution in [-0.4, -0.2) is 32.8 Å². The van der Waals surface area contributed by atoms with Crippen molar-refractivity contribution < 1.29 is 18.8 Å². The molecular formula is C18H25NO4Si. The third kappa shape index (κ3) is 4.47. The Labute approximate surface area is 144 Å². The Bertz CT molecular complexity index is 636. The Kier molecular flexibility index (Phi) is 5.49. The summed E-state index contributed by atoms with van der Waals surface area (Å²) in [4.78, 5) is 24.8. The van der Waals surface area contributed by atoms with E-state index in [1.807, 2.05) is 12.1 Å². The number of carbonyl (C=O) groups is 2. The van der Waals surface area contributed by atoms with Crippen molar-refractivity contribution in [3.05, 3.63) is 47.7 Å². The predicted octanol–water partition coefficient (Wildman–Crippen LogP) is 3.25. The van der Waals surface area contributed by atoms with Crippen molar-refractivity contribution in [2.45, 2.75) is 44.4 Å². The number of allylic oxidation sites excluding steroid dienone is 1.